The van der Waals surface area contributed by atoms with Gasteiger partial charge in [-0.05, 0) is 129 Å². The number of nitrogens with zero attached hydrogens (tertiary/aromatic N) is 4. The molecule has 6 heterocycles. The lowest BCUT2D eigenvalue weighted by atomic mass is 9.34. The van der Waals surface area contributed by atoms with Gasteiger partial charge in [-0.25, -0.2) is 0 Å². The van der Waals surface area contributed by atoms with E-state index in [0.29, 0.717) is 5.56 Å². The molecular formula is C77H53B5N4O2S. The molecule has 12 aromatic carbocycles. The van der Waals surface area contributed by atoms with E-state index in [4.69, 9.17) is 9.15 Å². The van der Waals surface area contributed by atoms with E-state index < -0.39 is 0 Å². The van der Waals surface area contributed by atoms with Gasteiger partial charge in [-0.1, -0.05) is 158 Å². The summed E-state index contributed by atoms with van der Waals surface area (Å²) in [7, 11) is 8.99. The number of furan rings is 1. The molecule has 414 valence electrons. The zero-order chi connectivity index (χ0) is 59.9. The Labute approximate surface area is 522 Å². The molecule has 0 bridgehead atoms. The highest BCUT2D eigenvalue weighted by molar-refractivity contribution is 7.26. The Hall–Kier alpha value is -10.3. The molecule has 16 aromatic rings. The van der Waals surface area contributed by atoms with E-state index in [9.17, 15) is 5.26 Å². The first-order chi connectivity index (χ1) is 43.4. The van der Waals surface area contributed by atoms with Crippen LogP contribution in [0, 0.1) is 11.3 Å². The highest BCUT2D eigenvalue weighted by atomic mass is 32.1. The van der Waals surface area contributed by atoms with Gasteiger partial charge in [0.1, 0.15) is 54.1 Å². The van der Waals surface area contributed by atoms with E-state index in [0.717, 1.165) is 123 Å². The topological polar surface area (TPSA) is 59.3 Å². The summed E-state index contributed by atoms with van der Waals surface area (Å²) in [5.74, 6) is 1.61. The minimum atomic E-state index is -0.230. The highest BCUT2D eigenvalue weighted by Crippen LogP contribution is 2.50. The summed E-state index contributed by atoms with van der Waals surface area (Å²) in [6.07, 6.45) is 0. The van der Waals surface area contributed by atoms with Crippen molar-refractivity contribution in [1.29, 1.82) is 5.26 Å². The van der Waals surface area contributed by atoms with E-state index in [2.05, 4.69) is 285 Å². The fourth-order valence-electron chi connectivity index (χ4n) is 15.3. The monoisotopic (exact) mass is 1150 g/mol. The van der Waals surface area contributed by atoms with Crippen LogP contribution in [0.15, 0.2) is 223 Å². The number of anilines is 3. The Balaban J connectivity index is 0.957. The molecule has 0 amide bonds. The smallest absolute Gasteiger partial charge is 0.256 e. The molecule has 0 N–H and O–H groups in total. The minimum Gasteiger partial charge on any atom is -0.458 e. The first kappa shape index (κ1) is 51.9. The van der Waals surface area contributed by atoms with E-state index >= 15 is 0 Å². The van der Waals surface area contributed by atoms with Gasteiger partial charge in [-0.2, -0.15) is 5.26 Å². The van der Waals surface area contributed by atoms with Crippen molar-refractivity contribution in [1.82, 2.24) is 9.13 Å². The summed E-state index contributed by atoms with van der Waals surface area (Å²) in [5, 5.41) is 19.8. The van der Waals surface area contributed by atoms with E-state index in [1.165, 1.54) is 69.2 Å². The van der Waals surface area contributed by atoms with Gasteiger partial charge >= 0.3 is 0 Å². The van der Waals surface area contributed by atoms with E-state index in [1.807, 2.05) is 17.4 Å². The number of hydrogen-bond acceptors (Lipinski definition) is 5. The lowest BCUT2D eigenvalue weighted by Gasteiger charge is -2.41. The predicted octanol–water partition coefficient (Wildman–Crippen LogP) is 12.1. The van der Waals surface area contributed by atoms with E-state index in [1.54, 1.807) is 0 Å². The van der Waals surface area contributed by atoms with Crippen molar-refractivity contribution in [3.05, 3.63) is 230 Å². The number of para-hydroxylation sites is 3. The average molecular weight is 1150 g/mol. The maximum Gasteiger partial charge on any atom is 0.256 e. The predicted molar refractivity (Wildman–Crippen MR) is 388 cm³/mol. The lowest BCUT2D eigenvalue weighted by molar-refractivity contribution is 0.487. The van der Waals surface area contributed by atoms with Crippen LogP contribution in [-0.4, -0.2) is 47.2 Å². The van der Waals surface area contributed by atoms with Crippen LogP contribution in [0.4, 0.5) is 17.1 Å². The fourth-order valence-corrected chi connectivity index (χ4v) is 16.4. The Morgan fingerprint density at radius 3 is 1.94 bits per heavy atom. The quantitative estimate of drug-likeness (QED) is 0.161. The average Bonchev–Trinajstić information content (AvgIpc) is 1.80. The second-order valence-electron chi connectivity index (χ2n) is 25.6. The van der Waals surface area contributed by atoms with Crippen molar-refractivity contribution in [2.24, 2.45) is 0 Å². The third kappa shape index (κ3) is 7.37. The molecule has 6 nitrogen and oxygen atoms in total. The molecule has 0 radical (unpaired) electrons. The van der Waals surface area contributed by atoms with Gasteiger partial charge in [0, 0.05) is 97.9 Å². The summed E-state index contributed by atoms with van der Waals surface area (Å²) >= 11 is 1.83. The minimum absolute atomic E-state index is 0.130. The second kappa shape index (κ2) is 18.8. The van der Waals surface area contributed by atoms with Crippen LogP contribution < -0.4 is 47.9 Å². The highest BCUT2D eigenvalue weighted by Gasteiger charge is 2.44. The molecule has 89 heavy (non-hydrogen) atoms. The molecule has 0 atom stereocenters. The third-order valence-corrected chi connectivity index (χ3v) is 21.0. The van der Waals surface area contributed by atoms with Crippen LogP contribution in [0.1, 0.15) is 31.9 Å². The molecule has 2 aliphatic rings. The Morgan fingerprint density at radius 1 is 0.472 bits per heavy atom. The van der Waals surface area contributed by atoms with Crippen LogP contribution in [0.2, 0.25) is 0 Å². The number of nitriles is 1. The molecular weight excluding hydrogens is 1100 g/mol. The number of benzene rings is 12. The SMILES string of the molecule is Bc1c(B)c(B)c2c(c1B)c1cc(C#N)ccc1n2-c1ccc2c(c1)N(c1ccc(C(C)(C)C)cc1-c1ccccc1)c1cc(-c3cccc4c3oc3ccc5sc6ccccc6c5c34)cc3c1B2c1ccc(-n2c4ccccc4c4ccccc42)cc1O3. The molecule has 0 unspecified atom stereocenters. The largest absolute Gasteiger partial charge is 0.458 e. The van der Waals surface area contributed by atoms with Crippen LogP contribution in [0.5, 0.6) is 11.5 Å². The van der Waals surface area contributed by atoms with Gasteiger partial charge in [-0.3, -0.25) is 0 Å². The number of ether oxygens (including phenoxy) is 1. The van der Waals surface area contributed by atoms with Crippen LogP contribution >= 0.6 is 11.3 Å². The fraction of sp³-hybridized carbons (Fsp3) is 0.0519. The van der Waals surface area contributed by atoms with Crippen molar-refractivity contribution in [2.75, 3.05) is 4.90 Å². The Bertz CT molecular complexity index is 5810. The summed E-state index contributed by atoms with van der Waals surface area (Å²) in [4.78, 5) is 2.54. The molecule has 0 saturated heterocycles. The summed E-state index contributed by atoms with van der Waals surface area (Å²) < 4.78 is 22.2. The summed E-state index contributed by atoms with van der Waals surface area (Å²) in [6, 6.07) is 82.6. The Morgan fingerprint density at radius 2 is 1.17 bits per heavy atom. The molecule has 0 aliphatic carbocycles. The number of hydrogen-bond donors (Lipinski definition) is 0. The van der Waals surface area contributed by atoms with Gasteiger partial charge < -0.3 is 23.2 Å². The van der Waals surface area contributed by atoms with Crippen LogP contribution in [0.3, 0.4) is 0 Å². The van der Waals surface area contributed by atoms with Crippen LogP contribution in [0.25, 0.3) is 119 Å². The van der Waals surface area contributed by atoms with Gasteiger partial charge in [-0.15, -0.1) is 16.8 Å². The first-order valence-corrected chi connectivity index (χ1v) is 31.5. The first-order valence-electron chi connectivity index (χ1n) is 30.7. The molecule has 18 rings (SSSR count). The molecule has 12 heteroatoms. The molecule has 0 saturated carbocycles. The number of rotatable bonds is 5. The molecule has 4 aromatic heterocycles. The lowest BCUT2D eigenvalue weighted by Crippen LogP contribution is -2.59. The number of thiophene rings is 1. The summed E-state index contributed by atoms with van der Waals surface area (Å²) in [5.41, 5.74) is 25.8. The van der Waals surface area contributed by atoms with Gasteiger partial charge in [0.25, 0.3) is 6.71 Å². The standard InChI is InChI=1S/C77H53B5N4O2S/c1-77(2,3)44-25-31-58(52(37-44)42-14-5-4-6-15-42)86-60-38-45(85-59-30-24-41(40-83)34-53(59)69-70(78)71(79)72(80)73(81)75(69)85)26-28-54(60)82-55-29-27-46(84-56-21-10-7-16-48(56)49-17-8-11-22-57(49)84)39-63(55)87-64-36-43(35-61(86)74(64)82)47-19-13-20-51-67-62(88-76(47)51)32-33-66-68(67)50-18-9-12-23-65(50)89-66/h4-39H,78-81H2,1-3H3. The number of fused-ring (bicyclic) bond motifs is 17. The maximum atomic E-state index is 10.4. The maximum absolute atomic E-state index is 10.4. The van der Waals surface area contributed by atoms with Crippen molar-refractivity contribution in [3.63, 3.8) is 0 Å². The van der Waals surface area contributed by atoms with Crippen molar-refractivity contribution in [2.45, 2.75) is 26.2 Å². The van der Waals surface area contributed by atoms with Crippen molar-refractivity contribution >= 4 is 190 Å². The zero-order valence-electron chi connectivity index (χ0n) is 50.4. The molecule has 2 aliphatic heterocycles. The van der Waals surface area contributed by atoms with Crippen molar-refractivity contribution in [3.8, 4) is 51.2 Å². The van der Waals surface area contributed by atoms with Crippen LogP contribution in [-0.2, 0) is 5.41 Å². The molecule has 0 spiro atoms. The van der Waals surface area contributed by atoms with Gasteiger partial charge in [0.15, 0.2) is 0 Å². The van der Waals surface area contributed by atoms with Gasteiger partial charge in [0.05, 0.1) is 33.9 Å². The molecule has 0 fully saturated rings. The van der Waals surface area contributed by atoms with E-state index in [-0.39, 0.29) is 12.1 Å². The summed E-state index contributed by atoms with van der Waals surface area (Å²) in [6.45, 7) is 6.67. The van der Waals surface area contributed by atoms with Gasteiger partial charge in [0.2, 0.25) is 0 Å². The number of aromatic nitrogens is 2. The normalized spacial score (nSPS) is 12.9. The Kier molecular flexibility index (Phi) is 11.0. The second-order valence-corrected chi connectivity index (χ2v) is 26.6. The zero-order valence-corrected chi connectivity index (χ0v) is 51.2. The van der Waals surface area contributed by atoms with Crippen molar-refractivity contribution < 1.29 is 9.15 Å². The third-order valence-electron chi connectivity index (χ3n) is 19.9.